The van der Waals surface area contributed by atoms with E-state index in [1.54, 1.807) is 18.2 Å². The second-order valence-corrected chi connectivity index (χ2v) is 4.99. The Balaban J connectivity index is 2.44. The summed E-state index contributed by atoms with van der Waals surface area (Å²) in [5.74, 6) is -1.90. The van der Waals surface area contributed by atoms with Crippen molar-refractivity contribution < 1.29 is 13.9 Å². The van der Waals surface area contributed by atoms with Crippen LogP contribution in [0.15, 0.2) is 36.4 Å². The number of hydrogen-bond acceptors (Lipinski definition) is 2. The number of halogens is 2. The average Bonchev–Trinajstić information content (AvgIpc) is 2.44. The lowest BCUT2D eigenvalue weighted by Gasteiger charge is -2.17. The van der Waals surface area contributed by atoms with E-state index in [0.717, 1.165) is 5.69 Å². The van der Waals surface area contributed by atoms with Gasteiger partial charge < -0.3 is 10.0 Å². The Hall–Kier alpha value is -1.94. The van der Waals surface area contributed by atoms with Crippen molar-refractivity contribution in [1.82, 2.24) is 0 Å². The number of anilines is 1. The third kappa shape index (κ3) is 2.65. The number of aliphatic hydroxyl groups excluding tert-OH is 1. The second kappa shape index (κ2) is 5.59. The molecule has 0 heterocycles. The largest absolute Gasteiger partial charge is 0.384 e. The van der Waals surface area contributed by atoms with E-state index in [2.05, 4.69) is 0 Å². The van der Waals surface area contributed by atoms with E-state index in [4.69, 9.17) is 0 Å². The summed E-state index contributed by atoms with van der Waals surface area (Å²) in [4.78, 5) is 1.88. The maximum atomic E-state index is 13.9. The summed E-state index contributed by atoms with van der Waals surface area (Å²) in [5, 5.41) is 10.3. The van der Waals surface area contributed by atoms with Gasteiger partial charge in [-0.3, -0.25) is 0 Å². The molecule has 2 rings (SSSR count). The summed E-state index contributed by atoms with van der Waals surface area (Å²) < 4.78 is 27.5. The van der Waals surface area contributed by atoms with E-state index in [-0.39, 0.29) is 11.1 Å². The van der Waals surface area contributed by atoms with Gasteiger partial charge in [0.05, 0.1) is 0 Å². The van der Waals surface area contributed by atoms with Crippen molar-refractivity contribution >= 4 is 5.69 Å². The van der Waals surface area contributed by atoms with Gasteiger partial charge in [-0.1, -0.05) is 24.3 Å². The standard InChI is InChI=1S/C16H17F2NO/c1-10-7-8-13(15(18)14(10)17)16(20)11-5-4-6-12(9-11)19(2)3/h4-9,16,20H,1-3H3. The first kappa shape index (κ1) is 14.5. The molecule has 0 bridgehead atoms. The van der Waals surface area contributed by atoms with Gasteiger partial charge in [0.1, 0.15) is 6.10 Å². The Bertz CT molecular complexity index is 626. The van der Waals surface area contributed by atoms with Crippen molar-refractivity contribution in [2.75, 3.05) is 19.0 Å². The van der Waals surface area contributed by atoms with Crippen LogP contribution in [0.4, 0.5) is 14.5 Å². The Morgan fingerprint density at radius 3 is 2.40 bits per heavy atom. The molecule has 20 heavy (non-hydrogen) atoms. The molecular weight excluding hydrogens is 260 g/mol. The number of benzene rings is 2. The van der Waals surface area contributed by atoms with Crippen molar-refractivity contribution in [1.29, 1.82) is 0 Å². The molecule has 0 amide bonds. The first-order chi connectivity index (χ1) is 9.41. The van der Waals surface area contributed by atoms with E-state index in [1.807, 2.05) is 25.1 Å². The summed E-state index contributed by atoms with van der Waals surface area (Å²) in [7, 11) is 3.75. The van der Waals surface area contributed by atoms with Crippen LogP contribution < -0.4 is 4.90 Å². The number of hydrogen-bond donors (Lipinski definition) is 1. The number of aliphatic hydroxyl groups is 1. The maximum Gasteiger partial charge on any atom is 0.165 e. The number of nitrogens with zero attached hydrogens (tertiary/aromatic N) is 1. The highest BCUT2D eigenvalue weighted by Gasteiger charge is 2.19. The van der Waals surface area contributed by atoms with Gasteiger partial charge in [0, 0.05) is 25.3 Å². The van der Waals surface area contributed by atoms with Crippen LogP contribution in [0.5, 0.6) is 0 Å². The quantitative estimate of drug-likeness (QED) is 0.929. The zero-order valence-corrected chi connectivity index (χ0v) is 11.7. The summed E-state index contributed by atoms with van der Waals surface area (Å²) in [6, 6.07) is 9.98. The summed E-state index contributed by atoms with van der Waals surface area (Å²) in [5.41, 5.74) is 1.58. The molecule has 0 radical (unpaired) electrons. The van der Waals surface area contributed by atoms with Crippen LogP contribution in [0, 0.1) is 18.6 Å². The first-order valence-corrected chi connectivity index (χ1v) is 6.31. The first-order valence-electron chi connectivity index (χ1n) is 6.31. The van der Waals surface area contributed by atoms with Gasteiger partial charge in [-0.05, 0) is 30.2 Å². The van der Waals surface area contributed by atoms with Gasteiger partial charge >= 0.3 is 0 Å². The van der Waals surface area contributed by atoms with Crippen LogP contribution in [0.1, 0.15) is 22.8 Å². The fraction of sp³-hybridized carbons (Fsp3) is 0.250. The lowest BCUT2D eigenvalue weighted by molar-refractivity contribution is 0.213. The highest BCUT2D eigenvalue weighted by Crippen LogP contribution is 2.28. The molecule has 1 N–H and O–H groups in total. The van der Waals surface area contributed by atoms with Gasteiger partial charge in [-0.15, -0.1) is 0 Å². The van der Waals surface area contributed by atoms with Gasteiger partial charge in [-0.25, -0.2) is 8.78 Å². The zero-order chi connectivity index (χ0) is 14.9. The topological polar surface area (TPSA) is 23.5 Å². The van der Waals surface area contributed by atoms with Crippen LogP contribution in [-0.2, 0) is 0 Å². The molecule has 0 aromatic heterocycles. The predicted octanol–water partition coefficient (Wildman–Crippen LogP) is 3.42. The van der Waals surface area contributed by atoms with Crippen molar-refractivity contribution in [2.24, 2.45) is 0 Å². The molecule has 0 fully saturated rings. The second-order valence-electron chi connectivity index (χ2n) is 4.99. The normalized spacial score (nSPS) is 12.3. The molecule has 106 valence electrons. The van der Waals surface area contributed by atoms with Gasteiger partial charge in [-0.2, -0.15) is 0 Å². The number of rotatable bonds is 3. The molecule has 2 aromatic carbocycles. The van der Waals surface area contributed by atoms with E-state index in [9.17, 15) is 13.9 Å². The maximum absolute atomic E-state index is 13.9. The van der Waals surface area contributed by atoms with E-state index >= 15 is 0 Å². The third-order valence-corrected chi connectivity index (χ3v) is 3.30. The molecule has 0 saturated heterocycles. The smallest absolute Gasteiger partial charge is 0.165 e. The third-order valence-electron chi connectivity index (χ3n) is 3.30. The molecule has 2 nitrogen and oxygen atoms in total. The van der Waals surface area contributed by atoms with Gasteiger partial charge in [0.25, 0.3) is 0 Å². The number of aryl methyl sites for hydroxylation is 1. The molecule has 0 aliphatic rings. The Labute approximate surface area is 117 Å². The molecule has 1 unspecified atom stereocenters. The molecular formula is C16H17F2NO. The molecule has 0 aliphatic heterocycles. The lowest BCUT2D eigenvalue weighted by Crippen LogP contribution is -2.10. The molecule has 1 atom stereocenters. The van der Waals surface area contributed by atoms with Crippen LogP contribution in [-0.4, -0.2) is 19.2 Å². The SMILES string of the molecule is Cc1ccc(C(O)c2cccc(N(C)C)c2)c(F)c1F. The molecule has 0 aliphatic carbocycles. The fourth-order valence-electron chi connectivity index (χ4n) is 2.02. The van der Waals surface area contributed by atoms with Crippen LogP contribution >= 0.6 is 0 Å². The molecule has 2 aromatic rings. The van der Waals surface area contributed by atoms with Gasteiger partial charge in [0.2, 0.25) is 0 Å². The highest BCUT2D eigenvalue weighted by molar-refractivity contribution is 5.49. The minimum absolute atomic E-state index is 0.0518. The predicted molar refractivity (Wildman–Crippen MR) is 75.9 cm³/mol. The Morgan fingerprint density at radius 1 is 1.05 bits per heavy atom. The summed E-state index contributed by atoms with van der Waals surface area (Å²) >= 11 is 0. The van der Waals surface area contributed by atoms with Gasteiger partial charge in [0.15, 0.2) is 11.6 Å². The molecule has 4 heteroatoms. The Kier molecular flexibility index (Phi) is 4.04. The zero-order valence-electron chi connectivity index (χ0n) is 11.7. The molecule has 0 spiro atoms. The summed E-state index contributed by atoms with van der Waals surface area (Å²) in [6.45, 7) is 1.49. The van der Waals surface area contributed by atoms with E-state index < -0.39 is 17.7 Å². The van der Waals surface area contributed by atoms with Crippen molar-refractivity contribution in [3.05, 3.63) is 64.7 Å². The van der Waals surface area contributed by atoms with Crippen LogP contribution in [0.3, 0.4) is 0 Å². The van der Waals surface area contributed by atoms with E-state index in [0.29, 0.717) is 5.56 Å². The van der Waals surface area contributed by atoms with Crippen LogP contribution in [0.2, 0.25) is 0 Å². The monoisotopic (exact) mass is 277 g/mol. The minimum atomic E-state index is -1.19. The van der Waals surface area contributed by atoms with Crippen molar-refractivity contribution in [3.63, 3.8) is 0 Å². The lowest BCUT2D eigenvalue weighted by atomic mass is 9.99. The van der Waals surface area contributed by atoms with Crippen LogP contribution in [0.25, 0.3) is 0 Å². The Morgan fingerprint density at radius 2 is 1.75 bits per heavy atom. The average molecular weight is 277 g/mol. The highest BCUT2D eigenvalue weighted by atomic mass is 19.2. The van der Waals surface area contributed by atoms with Crippen molar-refractivity contribution in [3.8, 4) is 0 Å². The minimum Gasteiger partial charge on any atom is -0.384 e. The van der Waals surface area contributed by atoms with Crippen molar-refractivity contribution in [2.45, 2.75) is 13.0 Å². The fourth-order valence-corrected chi connectivity index (χ4v) is 2.02. The molecule has 0 saturated carbocycles. The summed E-state index contributed by atoms with van der Waals surface area (Å²) in [6.07, 6.45) is -1.19. The van der Waals surface area contributed by atoms with E-state index in [1.165, 1.54) is 19.1 Å².